The van der Waals surface area contributed by atoms with Crippen molar-refractivity contribution in [3.05, 3.63) is 29.8 Å². The van der Waals surface area contributed by atoms with Gasteiger partial charge in [-0.05, 0) is 52.0 Å². The molecule has 2 aliphatic rings. The number of hydrogen-bond donors (Lipinski definition) is 4. The van der Waals surface area contributed by atoms with Gasteiger partial charge in [-0.15, -0.1) is 0 Å². The second-order valence-electron chi connectivity index (χ2n) is 11.6. The third kappa shape index (κ3) is 8.33. The molecule has 40 heavy (non-hydrogen) atoms. The van der Waals surface area contributed by atoms with Gasteiger partial charge in [0.2, 0.25) is 11.8 Å². The van der Waals surface area contributed by atoms with Crippen molar-refractivity contribution >= 4 is 35.7 Å². The van der Waals surface area contributed by atoms with Gasteiger partial charge in [-0.2, -0.15) is 0 Å². The Hall–Kier alpha value is -3.83. The average molecular weight is 561 g/mol. The molecule has 220 valence electrons. The van der Waals surface area contributed by atoms with E-state index in [0.29, 0.717) is 30.6 Å². The summed E-state index contributed by atoms with van der Waals surface area (Å²) in [6.07, 6.45) is -1.01. The van der Waals surface area contributed by atoms with Gasteiger partial charge in [-0.1, -0.05) is 32.0 Å². The van der Waals surface area contributed by atoms with E-state index in [0.717, 1.165) is 0 Å². The Kier molecular flexibility index (Phi) is 9.99. The normalized spacial score (nSPS) is 20.1. The number of carboxylic acid groups (broad SMARTS) is 1. The quantitative estimate of drug-likeness (QED) is 0.358. The maximum Gasteiger partial charge on any atom is 0.414 e. The summed E-state index contributed by atoms with van der Waals surface area (Å²) in [6.45, 7) is 9.81. The first kappa shape index (κ1) is 30.7. The van der Waals surface area contributed by atoms with Gasteiger partial charge in [0.05, 0.1) is 5.69 Å². The van der Waals surface area contributed by atoms with E-state index < -0.39 is 53.8 Å². The monoisotopic (exact) mass is 560 g/mol. The Morgan fingerprint density at radius 3 is 2.40 bits per heavy atom. The molecule has 0 aromatic heterocycles. The molecular formula is C28H40N4O8. The fourth-order valence-corrected chi connectivity index (χ4v) is 4.81. The highest BCUT2D eigenvalue weighted by molar-refractivity contribution is 5.91. The Bertz CT molecular complexity index is 1120. The molecule has 2 heterocycles. The lowest BCUT2D eigenvalue weighted by molar-refractivity contribution is -0.143. The molecule has 0 spiro atoms. The highest BCUT2D eigenvalue weighted by Crippen LogP contribution is 2.36. The van der Waals surface area contributed by atoms with E-state index in [9.17, 15) is 29.1 Å². The highest BCUT2D eigenvalue weighted by Gasteiger charge is 2.35. The Morgan fingerprint density at radius 2 is 1.80 bits per heavy atom. The maximum atomic E-state index is 13.1. The number of hydrogen-bond acceptors (Lipinski definition) is 7. The van der Waals surface area contributed by atoms with E-state index in [2.05, 4.69) is 16.0 Å². The van der Waals surface area contributed by atoms with Crippen molar-refractivity contribution in [1.82, 2.24) is 16.0 Å². The van der Waals surface area contributed by atoms with E-state index in [-0.39, 0.29) is 31.2 Å². The molecule has 1 fully saturated rings. The number of amides is 4. The second-order valence-corrected chi connectivity index (χ2v) is 11.6. The van der Waals surface area contributed by atoms with Crippen LogP contribution in [0.4, 0.5) is 15.3 Å². The number of anilines is 1. The minimum absolute atomic E-state index is 0.00210. The van der Waals surface area contributed by atoms with Crippen molar-refractivity contribution in [3.63, 3.8) is 0 Å². The van der Waals surface area contributed by atoms with Gasteiger partial charge < -0.3 is 30.5 Å². The number of fused-ring (bicyclic) bond motifs is 1. The smallest absolute Gasteiger partial charge is 0.414 e. The van der Waals surface area contributed by atoms with Crippen molar-refractivity contribution in [2.75, 3.05) is 18.0 Å². The van der Waals surface area contributed by atoms with Crippen LogP contribution in [-0.2, 0) is 23.9 Å². The molecule has 0 radical (unpaired) electrons. The molecule has 0 bridgehead atoms. The zero-order valence-electron chi connectivity index (χ0n) is 23.7. The first-order valence-corrected chi connectivity index (χ1v) is 13.6. The van der Waals surface area contributed by atoms with E-state index in [1.54, 1.807) is 45.0 Å². The molecule has 12 heteroatoms. The number of ether oxygens (including phenoxy) is 2. The summed E-state index contributed by atoms with van der Waals surface area (Å²) in [4.78, 5) is 64.1. The number of carbonyl (C=O) groups is 5. The lowest BCUT2D eigenvalue weighted by Gasteiger charge is -2.35. The van der Waals surface area contributed by atoms with Crippen LogP contribution in [-0.4, -0.2) is 65.9 Å². The van der Waals surface area contributed by atoms with Gasteiger partial charge >= 0.3 is 18.2 Å². The van der Waals surface area contributed by atoms with E-state index in [1.807, 2.05) is 13.8 Å². The van der Waals surface area contributed by atoms with Crippen LogP contribution in [0.1, 0.15) is 72.0 Å². The van der Waals surface area contributed by atoms with Gasteiger partial charge in [0.25, 0.3) is 0 Å². The molecule has 12 nitrogen and oxygen atoms in total. The van der Waals surface area contributed by atoms with Crippen LogP contribution in [0.3, 0.4) is 0 Å². The van der Waals surface area contributed by atoms with E-state index >= 15 is 0 Å². The van der Waals surface area contributed by atoms with Gasteiger partial charge in [0, 0.05) is 31.0 Å². The van der Waals surface area contributed by atoms with Gasteiger partial charge in [-0.25, -0.2) is 14.4 Å². The van der Waals surface area contributed by atoms with Gasteiger partial charge in [-0.3, -0.25) is 14.5 Å². The number of carbonyl (C=O) groups excluding carboxylic acids is 4. The third-order valence-corrected chi connectivity index (χ3v) is 6.67. The second kappa shape index (κ2) is 13.0. The van der Waals surface area contributed by atoms with Crippen molar-refractivity contribution in [2.45, 2.75) is 84.1 Å². The van der Waals surface area contributed by atoms with Crippen LogP contribution in [0.25, 0.3) is 0 Å². The van der Waals surface area contributed by atoms with Gasteiger partial charge in [0.15, 0.2) is 0 Å². The molecular weight excluding hydrogens is 520 g/mol. The largest absolute Gasteiger partial charge is 0.480 e. The van der Waals surface area contributed by atoms with Crippen LogP contribution in [0.5, 0.6) is 0 Å². The first-order chi connectivity index (χ1) is 18.7. The SMILES string of the molecule is CC(C)C[C@H](NC(=O)OC1CCN(C(=O)OC(C)(C)C)c2ccccc21)C(=O)N[C@@H](CC1CCNC1=O)C(=O)O. The summed E-state index contributed by atoms with van der Waals surface area (Å²) in [5.74, 6) is -2.67. The van der Waals surface area contributed by atoms with Crippen molar-refractivity contribution < 1.29 is 38.6 Å². The molecule has 0 aliphatic carbocycles. The molecule has 1 saturated heterocycles. The summed E-state index contributed by atoms with van der Waals surface area (Å²) < 4.78 is 11.2. The van der Waals surface area contributed by atoms with Crippen molar-refractivity contribution in [1.29, 1.82) is 0 Å². The number of para-hydroxylation sites is 1. The number of rotatable bonds is 9. The fraction of sp³-hybridized carbons (Fsp3) is 0.607. The minimum atomic E-state index is -1.28. The minimum Gasteiger partial charge on any atom is -0.480 e. The number of nitrogens with zero attached hydrogens (tertiary/aromatic N) is 1. The van der Waals surface area contributed by atoms with E-state index in [1.165, 1.54) is 4.90 Å². The summed E-state index contributed by atoms with van der Waals surface area (Å²) in [5.41, 5.74) is 0.520. The molecule has 2 aliphatic heterocycles. The summed E-state index contributed by atoms with van der Waals surface area (Å²) in [7, 11) is 0. The average Bonchev–Trinajstić information content (AvgIpc) is 3.26. The lowest BCUT2D eigenvalue weighted by Crippen LogP contribution is -2.53. The highest BCUT2D eigenvalue weighted by atomic mass is 16.6. The van der Waals surface area contributed by atoms with Crippen LogP contribution in [0.15, 0.2) is 24.3 Å². The predicted molar refractivity (Wildman–Crippen MR) is 146 cm³/mol. The number of carboxylic acids is 1. The number of alkyl carbamates (subject to hydrolysis) is 1. The van der Waals surface area contributed by atoms with Crippen LogP contribution in [0, 0.1) is 11.8 Å². The van der Waals surface area contributed by atoms with Crippen molar-refractivity contribution in [2.24, 2.45) is 11.8 Å². The molecule has 4 amide bonds. The van der Waals surface area contributed by atoms with E-state index in [4.69, 9.17) is 9.47 Å². The predicted octanol–water partition coefficient (Wildman–Crippen LogP) is 3.11. The van der Waals surface area contributed by atoms with Gasteiger partial charge in [0.1, 0.15) is 23.8 Å². The molecule has 3 rings (SSSR count). The topological polar surface area (TPSA) is 163 Å². The zero-order valence-corrected chi connectivity index (χ0v) is 23.7. The van der Waals surface area contributed by atoms with Crippen LogP contribution >= 0.6 is 0 Å². The molecule has 1 aromatic carbocycles. The Morgan fingerprint density at radius 1 is 1.10 bits per heavy atom. The summed E-state index contributed by atoms with van der Waals surface area (Å²) in [6, 6.07) is 4.73. The van der Waals surface area contributed by atoms with Crippen LogP contribution < -0.4 is 20.9 Å². The maximum absolute atomic E-state index is 13.1. The standard InChI is InChI=1S/C28H40N4O8/c1-16(2)14-19(24(34)30-20(25(35)36)15-17-10-12-29-23(17)33)31-26(37)39-22-11-13-32(27(38)40-28(3,4)5)21-9-7-6-8-18(21)22/h6-9,16-17,19-20,22H,10-15H2,1-5H3,(H,29,33)(H,30,34)(H,31,37)(H,35,36)/t17?,19-,20-,22?/m0/s1. The fourth-order valence-electron chi connectivity index (χ4n) is 4.81. The first-order valence-electron chi connectivity index (χ1n) is 13.6. The molecule has 4 N–H and O–H groups in total. The Labute approximate surface area is 234 Å². The Balaban J connectivity index is 1.68. The number of benzene rings is 1. The summed E-state index contributed by atoms with van der Waals surface area (Å²) >= 11 is 0. The molecule has 2 unspecified atom stereocenters. The third-order valence-electron chi connectivity index (χ3n) is 6.67. The number of nitrogens with one attached hydrogen (secondary N) is 3. The zero-order chi connectivity index (χ0) is 29.6. The number of aliphatic carboxylic acids is 1. The molecule has 1 aromatic rings. The summed E-state index contributed by atoms with van der Waals surface area (Å²) in [5, 5.41) is 17.4. The molecule has 4 atom stereocenters. The van der Waals surface area contributed by atoms with Crippen LogP contribution in [0.2, 0.25) is 0 Å². The lowest BCUT2D eigenvalue weighted by atomic mass is 9.97. The molecule has 0 saturated carbocycles. The van der Waals surface area contributed by atoms with Crippen molar-refractivity contribution in [3.8, 4) is 0 Å².